The Kier molecular flexibility index (Phi) is 5.29. The standard InChI is InChI=1S/C11H19N3O4S/c1-3-13(7-9(2)6-12)19(17,18)14-5-4-10(8-14)11(15)16/h9-10H,3-5,7-8H2,1-2H3,(H,15,16). The second-order valence-electron chi connectivity index (χ2n) is 4.67. The van der Waals surface area contributed by atoms with Crippen molar-refractivity contribution in [3.05, 3.63) is 0 Å². The van der Waals surface area contributed by atoms with E-state index in [2.05, 4.69) is 0 Å². The number of aliphatic carboxylic acids is 1. The highest BCUT2D eigenvalue weighted by atomic mass is 32.2. The minimum absolute atomic E-state index is 0.00903. The van der Waals surface area contributed by atoms with Crippen LogP contribution >= 0.6 is 0 Å². The summed E-state index contributed by atoms with van der Waals surface area (Å²) in [7, 11) is -3.67. The Morgan fingerprint density at radius 1 is 1.63 bits per heavy atom. The third kappa shape index (κ3) is 3.65. The minimum Gasteiger partial charge on any atom is -0.481 e. The molecule has 0 aromatic heterocycles. The van der Waals surface area contributed by atoms with Crippen LogP contribution in [0.25, 0.3) is 0 Å². The Bertz CT molecular complexity index is 471. The van der Waals surface area contributed by atoms with E-state index in [0.717, 1.165) is 0 Å². The molecule has 108 valence electrons. The lowest BCUT2D eigenvalue weighted by Crippen LogP contribution is -2.44. The Labute approximate surface area is 113 Å². The molecule has 0 aromatic rings. The number of nitrogens with zero attached hydrogens (tertiary/aromatic N) is 3. The summed E-state index contributed by atoms with van der Waals surface area (Å²) in [6.45, 7) is 3.98. The zero-order valence-electron chi connectivity index (χ0n) is 11.1. The molecule has 0 spiro atoms. The molecule has 0 aliphatic carbocycles. The van der Waals surface area contributed by atoms with E-state index in [9.17, 15) is 13.2 Å². The van der Waals surface area contributed by atoms with E-state index in [-0.39, 0.29) is 26.2 Å². The van der Waals surface area contributed by atoms with Crippen molar-refractivity contribution in [2.24, 2.45) is 11.8 Å². The van der Waals surface area contributed by atoms with Gasteiger partial charge in [0, 0.05) is 26.2 Å². The molecule has 0 amide bonds. The number of hydrogen-bond acceptors (Lipinski definition) is 4. The highest BCUT2D eigenvalue weighted by Gasteiger charge is 2.37. The van der Waals surface area contributed by atoms with Crippen LogP contribution in [0, 0.1) is 23.2 Å². The number of rotatable bonds is 6. The van der Waals surface area contributed by atoms with Crippen molar-refractivity contribution in [3.8, 4) is 6.07 Å². The quantitative estimate of drug-likeness (QED) is 0.748. The largest absolute Gasteiger partial charge is 0.481 e. The van der Waals surface area contributed by atoms with Gasteiger partial charge in [-0.2, -0.15) is 22.3 Å². The molecule has 0 saturated carbocycles. The van der Waals surface area contributed by atoms with Gasteiger partial charge in [0.1, 0.15) is 0 Å². The fourth-order valence-electron chi connectivity index (χ4n) is 2.04. The molecule has 1 saturated heterocycles. The van der Waals surface area contributed by atoms with Crippen LogP contribution in [-0.2, 0) is 15.0 Å². The van der Waals surface area contributed by atoms with Crippen LogP contribution in [0.3, 0.4) is 0 Å². The lowest BCUT2D eigenvalue weighted by Gasteiger charge is -2.26. The fraction of sp³-hybridized carbons (Fsp3) is 0.818. The zero-order valence-corrected chi connectivity index (χ0v) is 11.9. The maximum Gasteiger partial charge on any atom is 0.307 e. The molecule has 8 heteroatoms. The number of carboxylic acid groups (broad SMARTS) is 1. The van der Waals surface area contributed by atoms with Gasteiger partial charge in [0.05, 0.1) is 17.9 Å². The van der Waals surface area contributed by atoms with Gasteiger partial charge in [-0.3, -0.25) is 4.79 Å². The van der Waals surface area contributed by atoms with Gasteiger partial charge < -0.3 is 5.11 Å². The lowest BCUT2D eigenvalue weighted by molar-refractivity contribution is -0.141. The van der Waals surface area contributed by atoms with Crippen LogP contribution in [0.4, 0.5) is 0 Å². The Morgan fingerprint density at radius 3 is 2.68 bits per heavy atom. The Balaban J connectivity index is 2.80. The van der Waals surface area contributed by atoms with E-state index in [1.165, 1.54) is 8.61 Å². The second-order valence-corrected chi connectivity index (χ2v) is 6.60. The first-order valence-corrected chi connectivity index (χ1v) is 7.60. The number of hydrogen-bond donors (Lipinski definition) is 1. The monoisotopic (exact) mass is 289 g/mol. The van der Waals surface area contributed by atoms with Crippen LogP contribution in [0.2, 0.25) is 0 Å². The van der Waals surface area contributed by atoms with Gasteiger partial charge in [-0.05, 0) is 13.3 Å². The molecular weight excluding hydrogens is 270 g/mol. The Hall–Kier alpha value is -1.17. The number of carboxylic acids is 1. The van der Waals surface area contributed by atoms with Gasteiger partial charge >= 0.3 is 5.97 Å². The first kappa shape index (κ1) is 15.9. The second kappa shape index (κ2) is 6.32. The predicted molar refractivity (Wildman–Crippen MR) is 68.3 cm³/mol. The van der Waals surface area contributed by atoms with Crippen molar-refractivity contribution in [3.63, 3.8) is 0 Å². The molecular formula is C11H19N3O4S. The summed E-state index contributed by atoms with van der Waals surface area (Å²) in [6.07, 6.45) is 0.333. The van der Waals surface area contributed by atoms with Crippen molar-refractivity contribution in [1.82, 2.24) is 8.61 Å². The van der Waals surface area contributed by atoms with Crippen LogP contribution in [-0.4, -0.2) is 54.3 Å². The molecule has 7 nitrogen and oxygen atoms in total. The van der Waals surface area contributed by atoms with E-state index in [1.54, 1.807) is 13.8 Å². The maximum absolute atomic E-state index is 12.3. The predicted octanol–water partition coefficient (Wildman–Crippen LogP) is 0.119. The SMILES string of the molecule is CCN(CC(C)C#N)S(=O)(=O)N1CCC(C(=O)O)C1. The molecule has 1 N–H and O–H groups in total. The van der Waals surface area contributed by atoms with Crippen LogP contribution < -0.4 is 0 Å². The molecule has 1 fully saturated rings. The van der Waals surface area contributed by atoms with Gasteiger partial charge in [0.25, 0.3) is 10.2 Å². The van der Waals surface area contributed by atoms with Gasteiger partial charge in [-0.25, -0.2) is 0 Å². The minimum atomic E-state index is -3.67. The van der Waals surface area contributed by atoms with Gasteiger partial charge in [-0.15, -0.1) is 0 Å². The highest BCUT2D eigenvalue weighted by Crippen LogP contribution is 2.22. The molecule has 19 heavy (non-hydrogen) atoms. The van der Waals surface area contributed by atoms with Crippen LogP contribution in [0.15, 0.2) is 0 Å². The smallest absolute Gasteiger partial charge is 0.307 e. The van der Waals surface area contributed by atoms with Crippen molar-refractivity contribution in [2.45, 2.75) is 20.3 Å². The average molecular weight is 289 g/mol. The fourth-order valence-corrected chi connectivity index (χ4v) is 3.80. The molecule has 0 bridgehead atoms. The summed E-state index contributed by atoms with van der Waals surface area (Å²) in [6, 6.07) is 2.00. The molecule has 2 unspecified atom stereocenters. The summed E-state index contributed by atoms with van der Waals surface area (Å²) >= 11 is 0. The van der Waals surface area contributed by atoms with Crippen LogP contribution in [0.1, 0.15) is 20.3 Å². The average Bonchev–Trinajstić information content (AvgIpc) is 2.85. The summed E-state index contributed by atoms with van der Waals surface area (Å²) < 4.78 is 27.1. The highest BCUT2D eigenvalue weighted by molar-refractivity contribution is 7.86. The molecule has 0 radical (unpaired) electrons. The zero-order chi connectivity index (χ0) is 14.6. The first-order valence-electron chi connectivity index (χ1n) is 6.20. The van der Waals surface area contributed by atoms with E-state index in [4.69, 9.17) is 10.4 Å². The van der Waals surface area contributed by atoms with E-state index in [1.807, 2.05) is 6.07 Å². The maximum atomic E-state index is 12.3. The molecule has 2 atom stereocenters. The van der Waals surface area contributed by atoms with Gasteiger partial charge in [0.15, 0.2) is 0 Å². The third-order valence-corrected chi connectivity index (χ3v) is 5.25. The summed E-state index contributed by atoms with van der Waals surface area (Å²) in [4.78, 5) is 10.9. The summed E-state index contributed by atoms with van der Waals surface area (Å²) in [5, 5.41) is 17.7. The molecule has 1 aliphatic heterocycles. The van der Waals surface area contributed by atoms with Crippen molar-refractivity contribution < 1.29 is 18.3 Å². The van der Waals surface area contributed by atoms with Crippen molar-refractivity contribution in [2.75, 3.05) is 26.2 Å². The van der Waals surface area contributed by atoms with Crippen molar-refractivity contribution >= 4 is 16.2 Å². The normalized spacial score (nSPS) is 22.3. The Morgan fingerprint density at radius 2 is 2.26 bits per heavy atom. The van der Waals surface area contributed by atoms with Crippen LogP contribution in [0.5, 0.6) is 0 Å². The van der Waals surface area contributed by atoms with Crippen molar-refractivity contribution in [1.29, 1.82) is 5.26 Å². The topological polar surface area (TPSA) is 102 Å². The number of carbonyl (C=O) groups is 1. The lowest BCUT2D eigenvalue weighted by atomic mass is 10.1. The number of nitriles is 1. The molecule has 0 aromatic carbocycles. The van der Waals surface area contributed by atoms with E-state index >= 15 is 0 Å². The van der Waals surface area contributed by atoms with Gasteiger partial charge in [-0.1, -0.05) is 6.92 Å². The molecule has 1 aliphatic rings. The van der Waals surface area contributed by atoms with E-state index in [0.29, 0.717) is 6.42 Å². The molecule has 1 rings (SSSR count). The summed E-state index contributed by atoms with van der Waals surface area (Å²) in [5.74, 6) is -2.00. The summed E-state index contributed by atoms with van der Waals surface area (Å²) in [5.41, 5.74) is 0. The third-order valence-electron chi connectivity index (χ3n) is 3.20. The first-order chi connectivity index (χ1) is 8.82. The van der Waals surface area contributed by atoms with Gasteiger partial charge in [0.2, 0.25) is 0 Å². The van der Waals surface area contributed by atoms with E-state index < -0.39 is 28.0 Å². The molecule has 1 heterocycles.